The fraction of sp³-hybridized carbons (Fsp3) is 0.836. The van der Waals surface area contributed by atoms with Crippen molar-refractivity contribution in [3.8, 4) is 0 Å². The number of carbonyl (C=O) groups excluding carboxylic acids is 4. The second-order valence-corrected chi connectivity index (χ2v) is 28.3. The van der Waals surface area contributed by atoms with Crippen LogP contribution >= 0.6 is 0 Å². The molecular formula is C67H100O18. The molecule has 22 atom stereocenters. The summed E-state index contributed by atoms with van der Waals surface area (Å²) >= 11 is 0. The molecule has 10 aliphatic rings. The van der Waals surface area contributed by atoms with E-state index in [1.165, 1.54) is 63.9 Å². The summed E-state index contributed by atoms with van der Waals surface area (Å²) in [5, 5.41) is 21.0. The van der Waals surface area contributed by atoms with Crippen LogP contribution in [0.1, 0.15) is 222 Å². The molecule has 10 aliphatic heterocycles. The Hall–Kier alpha value is -3.43. The molecule has 10 rings (SSSR count). The molecule has 18 nitrogen and oxygen atoms in total. The first-order chi connectivity index (χ1) is 40.4. The number of carboxylic acid groups (broad SMARTS) is 1. The van der Waals surface area contributed by atoms with E-state index in [0.717, 1.165) is 24.8 Å². The molecule has 8 saturated heterocycles. The number of rotatable bonds is 22. The molecule has 0 spiro atoms. The zero-order chi connectivity index (χ0) is 60.6. The Morgan fingerprint density at radius 1 is 0.706 bits per heavy atom. The van der Waals surface area contributed by atoms with Crippen LogP contribution < -0.4 is 0 Å². The molecule has 2 N–H and O–H groups in total. The molecule has 0 bridgehead atoms. The summed E-state index contributed by atoms with van der Waals surface area (Å²) in [5.41, 5.74) is -3.64. The van der Waals surface area contributed by atoms with Crippen molar-refractivity contribution < 1.29 is 86.3 Å². The van der Waals surface area contributed by atoms with E-state index >= 15 is 0 Å². The SMILES string of the molecule is C=C(CC1CC(O)C2(C)OC3CC4OC5CC6(C)OC7(C)CCC(=O)C(C(C)CC8OC9CC%10OC(=O)C=C(C)C%10OC9(C)CC8OC(=O)C(=O)CCCCCCCCCCCCCCC)OC7CC6OC5(C)CC=CC4OC3CC2O1)C(=O)O. The van der Waals surface area contributed by atoms with E-state index in [2.05, 4.69) is 33.4 Å². The van der Waals surface area contributed by atoms with Crippen LogP contribution in [0.5, 0.6) is 0 Å². The van der Waals surface area contributed by atoms with E-state index in [4.69, 9.17) is 52.1 Å². The summed E-state index contributed by atoms with van der Waals surface area (Å²) in [5.74, 6) is -3.46. The summed E-state index contributed by atoms with van der Waals surface area (Å²) < 4.78 is 74.2. The third-order valence-corrected chi connectivity index (χ3v) is 21.4. The van der Waals surface area contributed by atoms with Crippen molar-refractivity contribution in [3.63, 3.8) is 0 Å². The van der Waals surface area contributed by atoms with E-state index in [-0.39, 0.29) is 62.1 Å². The van der Waals surface area contributed by atoms with Crippen molar-refractivity contribution in [2.24, 2.45) is 5.92 Å². The van der Waals surface area contributed by atoms with Gasteiger partial charge in [-0.15, -0.1) is 0 Å². The number of fused-ring (bicyclic) bond motifs is 8. The van der Waals surface area contributed by atoms with Crippen LogP contribution in [0.15, 0.2) is 36.0 Å². The number of aliphatic carboxylic acids is 1. The summed E-state index contributed by atoms with van der Waals surface area (Å²) in [6.07, 6.45) is 16.4. The number of esters is 2. The molecule has 22 unspecified atom stereocenters. The monoisotopic (exact) mass is 1190 g/mol. The van der Waals surface area contributed by atoms with Gasteiger partial charge in [0.2, 0.25) is 5.78 Å². The van der Waals surface area contributed by atoms with Gasteiger partial charge in [-0.1, -0.05) is 110 Å². The minimum atomic E-state index is -1.09. The molecule has 0 aromatic heterocycles. The van der Waals surface area contributed by atoms with Crippen LogP contribution in [-0.2, 0) is 76.1 Å². The second kappa shape index (κ2) is 26.6. The van der Waals surface area contributed by atoms with Crippen LogP contribution in [0.2, 0.25) is 0 Å². The minimum absolute atomic E-state index is 0.0307. The lowest BCUT2D eigenvalue weighted by atomic mass is 9.72. The maximum Gasteiger partial charge on any atom is 0.374 e. The molecule has 0 saturated carbocycles. The smallest absolute Gasteiger partial charge is 0.374 e. The number of ether oxygens (including phenoxy) is 11. The molecule has 8 fully saturated rings. The third-order valence-electron chi connectivity index (χ3n) is 21.4. The molecule has 18 heteroatoms. The Bertz CT molecular complexity index is 2500. The Labute approximate surface area is 503 Å². The van der Waals surface area contributed by atoms with E-state index in [1.54, 1.807) is 0 Å². The lowest BCUT2D eigenvalue weighted by molar-refractivity contribution is -0.356. The molecule has 0 radical (unpaired) electrons. The maximum absolute atomic E-state index is 14.5. The largest absolute Gasteiger partial charge is 0.478 e. The zero-order valence-electron chi connectivity index (χ0n) is 52.1. The molecule has 0 amide bonds. The topological polar surface area (TPSA) is 227 Å². The standard InChI is InChI=1S/C67H100O18/c1-10-11-12-13-14-15-16-17-18-19-20-21-22-24-44(69)62(74)80-51-37-65(7)53(35-50-60(84-65)40(3)31-58(71)79-50)77-46(51)30-39(2)59-43(68)26-28-64(6)54(81-59)36-55-66(8,85-64)38-57-63(5,83-55)27-23-25-45-47(78-57)33-49-48(76-45)34-56-67(9,82-49)52(70)32-42(75-56)29-41(4)61(72)73/h23,25,31,39,42,45-57,59-60,70H,4,10-22,24,26-30,32-38H2,1-3,5-9H3,(H,72,73). The number of aliphatic hydroxyl groups is 1. The summed E-state index contributed by atoms with van der Waals surface area (Å²) in [4.78, 5) is 65.9. The molecule has 0 aliphatic carbocycles. The lowest BCUT2D eigenvalue weighted by Crippen LogP contribution is -2.70. The van der Waals surface area contributed by atoms with Gasteiger partial charge in [-0.25, -0.2) is 14.4 Å². The van der Waals surface area contributed by atoms with Gasteiger partial charge >= 0.3 is 17.9 Å². The van der Waals surface area contributed by atoms with Crippen molar-refractivity contribution in [1.29, 1.82) is 0 Å². The fourth-order valence-corrected chi connectivity index (χ4v) is 16.1. The first-order valence-electron chi connectivity index (χ1n) is 32.8. The summed E-state index contributed by atoms with van der Waals surface area (Å²) in [6, 6.07) is 0. The molecular weight excluding hydrogens is 1090 g/mol. The number of Topliss-reactive ketones (excluding diaryl/α,β-unsaturated/α-hetero) is 2. The number of carbonyl (C=O) groups is 5. The van der Waals surface area contributed by atoms with Gasteiger partial charge in [0.25, 0.3) is 0 Å². The van der Waals surface area contributed by atoms with Crippen molar-refractivity contribution in [3.05, 3.63) is 36.0 Å². The van der Waals surface area contributed by atoms with Crippen LogP contribution in [0, 0.1) is 5.92 Å². The number of carboxylic acids is 1. The van der Waals surface area contributed by atoms with Gasteiger partial charge in [0, 0.05) is 75.9 Å². The van der Waals surface area contributed by atoms with Crippen molar-refractivity contribution >= 4 is 29.5 Å². The number of ketones is 2. The predicted octanol–water partition coefficient (Wildman–Crippen LogP) is 10.1. The highest BCUT2D eigenvalue weighted by molar-refractivity contribution is 6.33. The van der Waals surface area contributed by atoms with E-state index in [0.29, 0.717) is 51.4 Å². The Kier molecular flexibility index (Phi) is 20.2. The molecule has 0 aromatic rings. The number of hydrogen-bond donors (Lipinski definition) is 2. The first-order valence-corrected chi connectivity index (χ1v) is 32.8. The van der Waals surface area contributed by atoms with Crippen molar-refractivity contribution in [2.45, 2.75) is 348 Å². The van der Waals surface area contributed by atoms with E-state index < -0.39 is 143 Å². The number of aliphatic hydroxyl groups excluding tert-OH is 1. The zero-order valence-corrected chi connectivity index (χ0v) is 52.1. The number of unbranched alkanes of at least 4 members (excludes halogenated alkanes) is 12. The quantitative estimate of drug-likeness (QED) is 0.0338. The number of hydrogen-bond acceptors (Lipinski definition) is 17. The highest BCUT2D eigenvalue weighted by atomic mass is 16.6. The lowest BCUT2D eigenvalue weighted by Gasteiger charge is -2.60. The Morgan fingerprint density at radius 3 is 2.09 bits per heavy atom. The average molecular weight is 1190 g/mol. The van der Waals surface area contributed by atoms with Crippen LogP contribution in [-0.4, -0.2) is 165 Å². The van der Waals surface area contributed by atoms with Crippen molar-refractivity contribution in [2.75, 3.05) is 0 Å². The third kappa shape index (κ3) is 14.1. The Morgan fingerprint density at radius 2 is 1.39 bits per heavy atom. The first kappa shape index (κ1) is 64.6. The van der Waals surface area contributed by atoms with Crippen LogP contribution in [0.3, 0.4) is 0 Å². The van der Waals surface area contributed by atoms with Gasteiger partial charge in [-0.05, 0) is 78.7 Å². The van der Waals surface area contributed by atoms with Crippen LogP contribution in [0.25, 0.3) is 0 Å². The van der Waals surface area contributed by atoms with Gasteiger partial charge in [-0.3, -0.25) is 9.59 Å². The van der Waals surface area contributed by atoms with Gasteiger partial charge < -0.3 is 62.3 Å². The highest BCUT2D eigenvalue weighted by Gasteiger charge is 2.64. The Balaban J connectivity index is 0.773. The average Bonchev–Trinajstić information content (AvgIpc) is 1.69. The molecule has 0 aromatic carbocycles. The summed E-state index contributed by atoms with van der Waals surface area (Å²) in [6.45, 7) is 19.7. The minimum Gasteiger partial charge on any atom is -0.478 e. The summed E-state index contributed by atoms with van der Waals surface area (Å²) in [7, 11) is 0. The predicted molar refractivity (Wildman–Crippen MR) is 311 cm³/mol. The van der Waals surface area contributed by atoms with Gasteiger partial charge in [-0.2, -0.15) is 0 Å². The van der Waals surface area contributed by atoms with E-state index in [1.807, 2.05) is 40.7 Å². The highest BCUT2D eigenvalue weighted by Crippen LogP contribution is 2.54. The molecule has 476 valence electrons. The molecule has 10 heterocycles. The normalized spacial score (nSPS) is 43.3. The second-order valence-electron chi connectivity index (χ2n) is 28.3. The van der Waals surface area contributed by atoms with E-state index in [9.17, 15) is 34.2 Å². The van der Waals surface area contributed by atoms with Crippen LogP contribution in [0.4, 0.5) is 0 Å². The fourth-order valence-electron chi connectivity index (χ4n) is 16.1. The molecule has 85 heavy (non-hydrogen) atoms. The van der Waals surface area contributed by atoms with Gasteiger partial charge in [0.15, 0.2) is 5.78 Å². The van der Waals surface area contributed by atoms with Crippen molar-refractivity contribution in [1.82, 2.24) is 0 Å². The van der Waals surface area contributed by atoms with Gasteiger partial charge in [0.1, 0.15) is 36.1 Å². The van der Waals surface area contributed by atoms with Gasteiger partial charge in [0.05, 0.1) is 89.5 Å². The maximum atomic E-state index is 14.5.